The monoisotopic (exact) mass is 319 g/mol. The molecule has 0 amide bonds. The number of nitrogens with zero attached hydrogens (tertiary/aromatic N) is 2. The maximum absolute atomic E-state index is 11.1. The van der Waals surface area contributed by atoms with Gasteiger partial charge in [0.1, 0.15) is 5.69 Å². The topological polar surface area (TPSA) is 58.4 Å². The summed E-state index contributed by atoms with van der Waals surface area (Å²) >= 11 is 2.02. The van der Waals surface area contributed by atoms with Crippen molar-refractivity contribution in [3.63, 3.8) is 0 Å². The van der Waals surface area contributed by atoms with Crippen molar-refractivity contribution < 1.29 is 4.92 Å². The smallest absolute Gasteiger partial charge is 0.292 e. The fourth-order valence-corrected chi connectivity index (χ4v) is 4.86. The zero-order chi connectivity index (χ0) is 15.5. The third-order valence-corrected chi connectivity index (χ3v) is 5.71. The Bertz CT molecular complexity index is 552. The summed E-state index contributed by atoms with van der Waals surface area (Å²) in [6, 6.07) is 8.30. The first kappa shape index (κ1) is 15.4. The summed E-state index contributed by atoms with van der Waals surface area (Å²) < 4.78 is 0. The van der Waals surface area contributed by atoms with E-state index in [0.717, 1.165) is 30.9 Å². The predicted molar refractivity (Wildman–Crippen MR) is 91.5 cm³/mol. The van der Waals surface area contributed by atoms with Gasteiger partial charge >= 0.3 is 0 Å². The minimum absolute atomic E-state index is 0.163. The largest absolute Gasteiger partial charge is 0.377 e. The lowest BCUT2D eigenvalue weighted by Crippen LogP contribution is -2.57. The Balaban J connectivity index is 1.73. The minimum Gasteiger partial charge on any atom is -0.377 e. The van der Waals surface area contributed by atoms with Gasteiger partial charge in [0.05, 0.1) is 4.92 Å². The molecule has 2 heterocycles. The van der Waals surface area contributed by atoms with Crippen molar-refractivity contribution in [1.29, 1.82) is 0 Å². The van der Waals surface area contributed by atoms with Gasteiger partial charge in [0.2, 0.25) is 0 Å². The van der Waals surface area contributed by atoms with Crippen molar-refractivity contribution in [1.82, 2.24) is 4.90 Å². The molecule has 0 aliphatic carbocycles. The Kier molecular flexibility index (Phi) is 4.69. The summed E-state index contributed by atoms with van der Waals surface area (Å²) in [5.74, 6) is 2.28. The molecule has 0 radical (unpaired) electrons. The van der Waals surface area contributed by atoms with E-state index >= 15 is 0 Å². The molecule has 2 aliphatic rings. The highest BCUT2D eigenvalue weighted by Crippen LogP contribution is 2.35. The molecule has 2 bridgehead atoms. The van der Waals surface area contributed by atoms with Crippen molar-refractivity contribution in [3.8, 4) is 0 Å². The van der Waals surface area contributed by atoms with Gasteiger partial charge in [-0.1, -0.05) is 18.2 Å². The molecule has 118 valence electrons. The second-order valence-electron chi connectivity index (χ2n) is 5.92. The molecule has 5 nitrogen and oxygen atoms in total. The van der Waals surface area contributed by atoms with E-state index in [1.807, 2.05) is 23.9 Å². The minimum atomic E-state index is -0.314. The molecule has 1 N–H and O–H groups in total. The maximum atomic E-state index is 11.1. The molecule has 2 atom stereocenters. The molecule has 2 aliphatic heterocycles. The van der Waals surface area contributed by atoms with Crippen molar-refractivity contribution in [3.05, 3.63) is 47.0 Å². The summed E-state index contributed by atoms with van der Waals surface area (Å²) in [7, 11) is 0. The summed E-state index contributed by atoms with van der Waals surface area (Å²) in [6.07, 6.45) is 4.04. The standard InChI is InChI=1S/C16H21N3O2S/c1-2-7-18-13-8-12(9-14(18)11-22-10-13)17-15-5-3-4-6-16(15)19(20)21/h2-6,12-14,17H,1,7-11H2. The van der Waals surface area contributed by atoms with Gasteiger partial charge in [-0.2, -0.15) is 11.8 Å². The van der Waals surface area contributed by atoms with Crippen LogP contribution in [-0.2, 0) is 0 Å². The van der Waals surface area contributed by atoms with Crippen LogP contribution in [0.4, 0.5) is 11.4 Å². The third kappa shape index (κ3) is 3.13. The third-order valence-electron chi connectivity index (χ3n) is 4.47. The Hall–Kier alpha value is -1.53. The molecule has 2 unspecified atom stereocenters. The molecule has 3 rings (SSSR count). The van der Waals surface area contributed by atoms with Crippen molar-refractivity contribution in [2.45, 2.75) is 31.0 Å². The molecule has 2 fully saturated rings. The molecular weight excluding hydrogens is 298 g/mol. The highest BCUT2D eigenvalue weighted by atomic mass is 32.2. The van der Waals surface area contributed by atoms with Crippen LogP contribution in [0.15, 0.2) is 36.9 Å². The number of hydrogen-bond acceptors (Lipinski definition) is 5. The van der Waals surface area contributed by atoms with Crippen LogP contribution in [0.25, 0.3) is 0 Å². The summed E-state index contributed by atoms with van der Waals surface area (Å²) in [6.45, 7) is 4.80. The van der Waals surface area contributed by atoms with Gasteiger partial charge in [0.25, 0.3) is 5.69 Å². The van der Waals surface area contributed by atoms with E-state index in [1.165, 1.54) is 0 Å². The zero-order valence-corrected chi connectivity index (χ0v) is 13.3. The van der Waals surface area contributed by atoms with Crippen LogP contribution in [0.2, 0.25) is 0 Å². The fourth-order valence-electron chi connectivity index (χ4n) is 3.53. The van der Waals surface area contributed by atoms with E-state index in [2.05, 4.69) is 16.8 Å². The summed E-state index contributed by atoms with van der Waals surface area (Å²) in [4.78, 5) is 13.4. The highest BCUT2D eigenvalue weighted by Gasteiger charge is 2.38. The van der Waals surface area contributed by atoms with Crippen LogP contribution < -0.4 is 5.32 Å². The number of benzene rings is 1. The average Bonchev–Trinajstić information content (AvgIpc) is 2.48. The number of para-hydroxylation sites is 2. The van der Waals surface area contributed by atoms with Crippen molar-refractivity contribution >= 4 is 23.1 Å². The van der Waals surface area contributed by atoms with Crippen molar-refractivity contribution in [2.24, 2.45) is 0 Å². The number of fused-ring (bicyclic) bond motifs is 2. The number of thioether (sulfide) groups is 1. The van der Waals surface area contributed by atoms with Crippen LogP contribution in [0.3, 0.4) is 0 Å². The van der Waals surface area contributed by atoms with Gasteiger partial charge in [0.15, 0.2) is 0 Å². The van der Waals surface area contributed by atoms with Crippen LogP contribution >= 0.6 is 11.8 Å². The molecule has 0 spiro atoms. The first-order chi connectivity index (χ1) is 10.7. The number of rotatable bonds is 5. The van der Waals surface area contributed by atoms with E-state index in [9.17, 15) is 10.1 Å². The molecule has 6 heteroatoms. The molecule has 1 aromatic carbocycles. The lowest BCUT2D eigenvalue weighted by atomic mass is 9.91. The van der Waals surface area contributed by atoms with E-state index < -0.39 is 0 Å². The molecule has 1 aromatic rings. The second kappa shape index (κ2) is 6.71. The molecule has 22 heavy (non-hydrogen) atoms. The first-order valence-corrected chi connectivity index (χ1v) is 8.79. The Morgan fingerprint density at radius 2 is 2.05 bits per heavy atom. The zero-order valence-electron chi connectivity index (χ0n) is 12.5. The van der Waals surface area contributed by atoms with Crippen LogP contribution in [0.5, 0.6) is 0 Å². The van der Waals surface area contributed by atoms with Gasteiger partial charge in [-0.25, -0.2) is 0 Å². The number of anilines is 1. The lowest BCUT2D eigenvalue weighted by Gasteiger charge is -2.48. The van der Waals surface area contributed by atoms with Gasteiger partial charge in [-0.15, -0.1) is 6.58 Å². The molecular formula is C16H21N3O2S. The maximum Gasteiger partial charge on any atom is 0.292 e. The molecule has 0 aromatic heterocycles. The summed E-state index contributed by atoms with van der Waals surface area (Å²) in [5, 5.41) is 14.6. The normalized spacial score (nSPS) is 28.1. The summed E-state index contributed by atoms with van der Waals surface area (Å²) in [5.41, 5.74) is 0.802. The van der Waals surface area contributed by atoms with Crippen LogP contribution in [-0.4, -0.2) is 46.0 Å². The fraction of sp³-hybridized carbons (Fsp3) is 0.500. The van der Waals surface area contributed by atoms with Gasteiger partial charge in [0, 0.05) is 42.2 Å². The highest BCUT2D eigenvalue weighted by molar-refractivity contribution is 7.99. The average molecular weight is 319 g/mol. The quantitative estimate of drug-likeness (QED) is 0.513. The molecule has 2 saturated heterocycles. The lowest BCUT2D eigenvalue weighted by molar-refractivity contribution is -0.384. The number of nitro benzene ring substituents is 1. The Morgan fingerprint density at radius 1 is 1.36 bits per heavy atom. The van der Waals surface area contributed by atoms with Gasteiger partial charge in [-0.05, 0) is 18.9 Å². The predicted octanol–water partition coefficient (Wildman–Crippen LogP) is 3.14. The second-order valence-corrected chi connectivity index (χ2v) is 6.99. The molecule has 0 saturated carbocycles. The van der Waals surface area contributed by atoms with Gasteiger partial charge in [-0.3, -0.25) is 15.0 Å². The number of nitrogens with one attached hydrogen (secondary N) is 1. The van der Waals surface area contributed by atoms with Crippen molar-refractivity contribution in [2.75, 3.05) is 23.4 Å². The Labute approximate surface area is 134 Å². The van der Waals surface area contributed by atoms with E-state index in [0.29, 0.717) is 23.8 Å². The SMILES string of the molecule is C=CCN1C2CSCC1CC(Nc1ccccc1[N+](=O)[O-])C2. The van der Waals surface area contributed by atoms with Crippen LogP contribution in [0.1, 0.15) is 12.8 Å². The van der Waals surface area contributed by atoms with E-state index in [1.54, 1.807) is 18.2 Å². The number of hydrogen-bond donors (Lipinski definition) is 1. The number of piperidine rings is 1. The number of nitro groups is 1. The Morgan fingerprint density at radius 3 is 2.68 bits per heavy atom. The first-order valence-electron chi connectivity index (χ1n) is 7.63. The van der Waals surface area contributed by atoms with Gasteiger partial charge < -0.3 is 5.32 Å². The van der Waals surface area contributed by atoms with Crippen LogP contribution in [0, 0.1) is 10.1 Å². The van der Waals surface area contributed by atoms with E-state index in [4.69, 9.17) is 0 Å². The van der Waals surface area contributed by atoms with E-state index in [-0.39, 0.29) is 10.6 Å².